The fourth-order valence-corrected chi connectivity index (χ4v) is 2.16. The maximum Gasteiger partial charge on any atom is 0.322 e. The molecule has 1 aliphatic rings. The van der Waals surface area contributed by atoms with Crippen molar-refractivity contribution in [2.45, 2.75) is 51.7 Å². The van der Waals surface area contributed by atoms with Gasteiger partial charge in [-0.05, 0) is 19.8 Å². The first-order chi connectivity index (χ1) is 8.61. The molecule has 0 N–H and O–H groups in total. The summed E-state index contributed by atoms with van der Waals surface area (Å²) in [5, 5.41) is 7.79. The topological polar surface area (TPSA) is 68.5 Å². The van der Waals surface area contributed by atoms with Gasteiger partial charge in [0, 0.05) is 13.0 Å². The molecule has 1 aromatic rings. The third-order valence-corrected chi connectivity index (χ3v) is 3.47. The molecular weight excluding hydrogens is 234 g/mol. The van der Waals surface area contributed by atoms with E-state index < -0.39 is 0 Å². The zero-order valence-electron chi connectivity index (χ0n) is 11.0. The van der Waals surface area contributed by atoms with Crippen molar-refractivity contribution in [1.82, 2.24) is 15.1 Å². The van der Waals surface area contributed by atoms with E-state index in [1.165, 1.54) is 13.5 Å². The van der Waals surface area contributed by atoms with Crippen LogP contribution in [0.25, 0.3) is 0 Å². The first kappa shape index (κ1) is 13.0. The Morgan fingerprint density at radius 2 is 2.28 bits per heavy atom. The molecule has 1 unspecified atom stereocenters. The van der Waals surface area contributed by atoms with Gasteiger partial charge in [-0.3, -0.25) is 9.69 Å². The highest BCUT2D eigenvalue weighted by Gasteiger charge is 2.33. The van der Waals surface area contributed by atoms with E-state index in [9.17, 15) is 4.79 Å². The average Bonchev–Trinajstić information content (AvgIpc) is 2.69. The lowest BCUT2D eigenvalue weighted by Gasteiger charge is -2.39. The minimum atomic E-state index is -0.285. The monoisotopic (exact) mass is 253 g/mol. The molecule has 1 fully saturated rings. The second-order valence-corrected chi connectivity index (χ2v) is 4.67. The smallest absolute Gasteiger partial charge is 0.322 e. The molecule has 1 aliphatic carbocycles. The number of hydrogen-bond donors (Lipinski definition) is 0. The highest BCUT2D eigenvalue weighted by molar-refractivity contribution is 5.75. The summed E-state index contributed by atoms with van der Waals surface area (Å²) in [4.78, 5) is 13.7. The third kappa shape index (κ3) is 2.69. The highest BCUT2D eigenvalue weighted by Crippen LogP contribution is 2.28. The van der Waals surface area contributed by atoms with Gasteiger partial charge < -0.3 is 9.15 Å². The maximum absolute atomic E-state index is 11.7. The molecule has 1 atom stereocenters. The highest BCUT2D eigenvalue weighted by atomic mass is 16.5. The summed E-state index contributed by atoms with van der Waals surface area (Å²) in [6.07, 6.45) is 3.42. The molecule has 0 amide bonds. The molecule has 18 heavy (non-hydrogen) atoms. The van der Waals surface area contributed by atoms with Crippen LogP contribution < -0.4 is 0 Å². The van der Waals surface area contributed by atoms with Crippen molar-refractivity contribution in [1.29, 1.82) is 0 Å². The van der Waals surface area contributed by atoms with Gasteiger partial charge in [0.1, 0.15) is 6.04 Å². The number of aromatic nitrogens is 2. The molecule has 1 aromatic heterocycles. The van der Waals surface area contributed by atoms with Crippen molar-refractivity contribution in [2.75, 3.05) is 7.11 Å². The molecule has 0 spiro atoms. The second kappa shape index (κ2) is 5.48. The summed E-state index contributed by atoms with van der Waals surface area (Å²) in [7, 11) is 1.41. The van der Waals surface area contributed by atoms with Gasteiger partial charge in [-0.25, -0.2) is 0 Å². The molecule has 100 valence electrons. The standard InChI is InChI=1S/C12H19N3O3/c1-8(12(16)17-3)15(10-5-4-6-10)7-11-14-13-9(2)18-11/h8,10H,4-7H2,1-3H3. The first-order valence-corrected chi connectivity index (χ1v) is 6.24. The van der Waals surface area contributed by atoms with E-state index in [0.717, 1.165) is 12.8 Å². The summed E-state index contributed by atoms with van der Waals surface area (Å²) in [6.45, 7) is 4.11. The number of methoxy groups -OCH3 is 1. The summed E-state index contributed by atoms with van der Waals surface area (Å²) in [5.41, 5.74) is 0. The van der Waals surface area contributed by atoms with Gasteiger partial charge in [0.2, 0.25) is 11.8 Å². The average molecular weight is 253 g/mol. The second-order valence-electron chi connectivity index (χ2n) is 4.67. The normalized spacial score (nSPS) is 17.6. The van der Waals surface area contributed by atoms with Crippen LogP contribution in [0.2, 0.25) is 0 Å². The summed E-state index contributed by atoms with van der Waals surface area (Å²) in [5.74, 6) is 0.873. The van der Waals surface area contributed by atoms with Gasteiger partial charge >= 0.3 is 5.97 Å². The molecule has 0 aliphatic heterocycles. The van der Waals surface area contributed by atoms with Gasteiger partial charge in [0.25, 0.3) is 0 Å². The van der Waals surface area contributed by atoms with E-state index in [2.05, 4.69) is 15.1 Å². The summed E-state index contributed by atoms with van der Waals surface area (Å²) < 4.78 is 10.2. The van der Waals surface area contributed by atoms with Crippen molar-refractivity contribution in [3.8, 4) is 0 Å². The van der Waals surface area contributed by atoms with E-state index in [-0.39, 0.29) is 12.0 Å². The van der Waals surface area contributed by atoms with Crippen LogP contribution in [0.3, 0.4) is 0 Å². The van der Waals surface area contributed by atoms with E-state index in [1.54, 1.807) is 6.92 Å². The van der Waals surface area contributed by atoms with E-state index in [4.69, 9.17) is 9.15 Å². The van der Waals surface area contributed by atoms with Gasteiger partial charge in [-0.15, -0.1) is 10.2 Å². The molecule has 1 heterocycles. The Hall–Kier alpha value is -1.43. The lowest BCUT2D eigenvalue weighted by molar-refractivity contribution is -0.148. The zero-order valence-corrected chi connectivity index (χ0v) is 11.0. The van der Waals surface area contributed by atoms with Crippen molar-refractivity contribution in [2.24, 2.45) is 0 Å². The van der Waals surface area contributed by atoms with Gasteiger partial charge in [-0.1, -0.05) is 6.42 Å². The minimum Gasteiger partial charge on any atom is -0.468 e. The van der Waals surface area contributed by atoms with Gasteiger partial charge in [0.15, 0.2) is 0 Å². The molecular formula is C12H19N3O3. The Labute approximate surface area is 106 Å². The SMILES string of the molecule is COC(=O)C(C)N(Cc1nnc(C)o1)C1CCC1. The van der Waals surface area contributed by atoms with Gasteiger partial charge in [0.05, 0.1) is 13.7 Å². The predicted molar refractivity (Wildman–Crippen MR) is 63.7 cm³/mol. The number of nitrogens with zero attached hydrogens (tertiary/aromatic N) is 3. The molecule has 2 rings (SSSR count). The molecule has 0 aromatic carbocycles. The van der Waals surface area contributed by atoms with E-state index in [1.807, 2.05) is 6.92 Å². The zero-order chi connectivity index (χ0) is 13.1. The van der Waals surface area contributed by atoms with Crippen LogP contribution in [0.5, 0.6) is 0 Å². The first-order valence-electron chi connectivity index (χ1n) is 6.24. The van der Waals surface area contributed by atoms with Crippen molar-refractivity contribution in [3.05, 3.63) is 11.8 Å². The number of esters is 1. The predicted octanol–water partition coefficient (Wildman–Crippen LogP) is 1.29. The number of aryl methyl sites for hydroxylation is 1. The summed E-state index contributed by atoms with van der Waals surface area (Å²) in [6, 6.07) is 0.124. The van der Waals surface area contributed by atoms with Crippen molar-refractivity contribution in [3.63, 3.8) is 0 Å². The Balaban J connectivity index is 2.07. The Morgan fingerprint density at radius 3 is 2.72 bits per heavy atom. The van der Waals surface area contributed by atoms with Crippen molar-refractivity contribution >= 4 is 5.97 Å². The van der Waals surface area contributed by atoms with Crippen LogP contribution in [-0.2, 0) is 16.1 Å². The molecule has 0 bridgehead atoms. The largest absolute Gasteiger partial charge is 0.468 e. The quantitative estimate of drug-likeness (QED) is 0.737. The van der Waals surface area contributed by atoms with Crippen molar-refractivity contribution < 1.29 is 13.9 Å². The van der Waals surface area contributed by atoms with Crippen LogP contribution in [0, 0.1) is 6.92 Å². The van der Waals surface area contributed by atoms with Crippen LogP contribution in [-0.4, -0.2) is 40.3 Å². The van der Waals surface area contributed by atoms with E-state index in [0.29, 0.717) is 24.4 Å². The number of hydrogen-bond acceptors (Lipinski definition) is 6. The lowest BCUT2D eigenvalue weighted by atomic mass is 9.90. The molecule has 0 radical (unpaired) electrons. The number of carbonyl (C=O) groups excluding carboxylic acids is 1. The lowest BCUT2D eigenvalue weighted by Crippen LogP contribution is -2.48. The Bertz CT molecular complexity index is 414. The summed E-state index contributed by atoms with van der Waals surface area (Å²) >= 11 is 0. The Morgan fingerprint density at radius 1 is 1.56 bits per heavy atom. The van der Waals surface area contributed by atoms with Crippen LogP contribution in [0.15, 0.2) is 4.42 Å². The van der Waals surface area contributed by atoms with Crippen LogP contribution >= 0.6 is 0 Å². The number of rotatable bonds is 5. The molecule has 6 heteroatoms. The van der Waals surface area contributed by atoms with E-state index >= 15 is 0 Å². The fraction of sp³-hybridized carbons (Fsp3) is 0.750. The molecule has 1 saturated carbocycles. The third-order valence-electron chi connectivity index (χ3n) is 3.47. The van der Waals surface area contributed by atoms with Crippen LogP contribution in [0.4, 0.5) is 0 Å². The molecule has 0 saturated heterocycles. The Kier molecular flexibility index (Phi) is 3.96. The van der Waals surface area contributed by atoms with Gasteiger partial charge in [-0.2, -0.15) is 0 Å². The molecule has 6 nitrogen and oxygen atoms in total. The minimum absolute atomic E-state index is 0.224. The van der Waals surface area contributed by atoms with Crippen LogP contribution in [0.1, 0.15) is 38.0 Å². The maximum atomic E-state index is 11.7. The number of carbonyl (C=O) groups is 1. The number of ether oxygens (including phenoxy) is 1. The fourth-order valence-electron chi connectivity index (χ4n) is 2.16.